The monoisotopic (exact) mass is 246 g/mol. The number of carboxylic acids is 1. The molecule has 0 heterocycles. The minimum Gasteiger partial charge on any atom is -0.549 e. The molecule has 0 atom stereocenters. The molecule has 0 unspecified atom stereocenters. The van der Waals surface area contributed by atoms with E-state index < -0.39 is 28.4 Å². The van der Waals surface area contributed by atoms with Crippen LogP contribution in [0.25, 0.3) is 0 Å². The number of nitrogens with one attached hydrogen (secondary N) is 1. The zero-order valence-corrected chi connectivity index (χ0v) is 9.17. The summed E-state index contributed by atoms with van der Waals surface area (Å²) in [5, 5.41) is 10.1. The average molecular weight is 246 g/mol. The quantitative estimate of drug-likeness (QED) is 0.750. The number of aliphatic carboxylic acids is 1. The second-order valence-corrected chi connectivity index (χ2v) is 4.84. The second kappa shape index (κ2) is 4.58. The summed E-state index contributed by atoms with van der Waals surface area (Å²) in [4.78, 5) is 9.96. The van der Waals surface area contributed by atoms with Crippen LogP contribution in [0.3, 0.4) is 0 Å². The highest BCUT2D eigenvalue weighted by Gasteiger charge is 2.16. The van der Waals surface area contributed by atoms with Gasteiger partial charge in [0.1, 0.15) is 5.82 Å². The van der Waals surface area contributed by atoms with Crippen molar-refractivity contribution in [1.29, 1.82) is 0 Å². The van der Waals surface area contributed by atoms with Gasteiger partial charge in [-0.25, -0.2) is 17.5 Å². The molecular formula is C9H9FNO4S-. The SMILES string of the molecule is Cc1cc(F)ccc1S(=O)(=O)NCC(=O)[O-]. The van der Waals surface area contributed by atoms with Gasteiger partial charge in [-0.1, -0.05) is 0 Å². The van der Waals surface area contributed by atoms with Gasteiger partial charge >= 0.3 is 0 Å². The highest BCUT2D eigenvalue weighted by atomic mass is 32.2. The summed E-state index contributed by atoms with van der Waals surface area (Å²) in [6.07, 6.45) is 0. The van der Waals surface area contributed by atoms with Gasteiger partial charge in [0.15, 0.2) is 0 Å². The topological polar surface area (TPSA) is 86.3 Å². The molecule has 0 aliphatic heterocycles. The van der Waals surface area contributed by atoms with Gasteiger partial charge < -0.3 is 9.90 Å². The number of aryl methyl sites for hydroxylation is 1. The van der Waals surface area contributed by atoms with Gasteiger partial charge in [0, 0.05) is 0 Å². The third-order valence-electron chi connectivity index (χ3n) is 1.83. The Morgan fingerprint density at radius 1 is 1.50 bits per heavy atom. The Morgan fingerprint density at radius 3 is 2.62 bits per heavy atom. The maximum Gasteiger partial charge on any atom is 0.241 e. The predicted octanol–water partition coefficient (Wildman–Crippen LogP) is -0.838. The van der Waals surface area contributed by atoms with Gasteiger partial charge in [0.25, 0.3) is 0 Å². The molecule has 1 aromatic carbocycles. The molecule has 88 valence electrons. The molecule has 1 aromatic rings. The normalized spacial score (nSPS) is 11.4. The van der Waals surface area contributed by atoms with Crippen LogP contribution in [-0.2, 0) is 14.8 Å². The molecule has 0 saturated carbocycles. The number of hydrogen-bond donors (Lipinski definition) is 1. The Kier molecular flexibility index (Phi) is 3.61. The third-order valence-corrected chi connectivity index (χ3v) is 3.39. The number of carbonyl (C=O) groups excluding carboxylic acids is 1. The largest absolute Gasteiger partial charge is 0.549 e. The Balaban J connectivity index is 3.03. The van der Waals surface area contributed by atoms with Crippen molar-refractivity contribution in [1.82, 2.24) is 4.72 Å². The number of hydrogen-bond acceptors (Lipinski definition) is 4. The van der Waals surface area contributed by atoms with Gasteiger partial charge in [0.05, 0.1) is 17.4 Å². The molecular weight excluding hydrogens is 237 g/mol. The molecule has 16 heavy (non-hydrogen) atoms. The van der Waals surface area contributed by atoms with E-state index >= 15 is 0 Å². The number of rotatable bonds is 4. The van der Waals surface area contributed by atoms with Crippen LogP contribution in [0.2, 0.25) is 0 Å². The number of carbonyl (C=O) groups is 1. The van der Waals surface area contributed by atoms with Gasteiger partial charge in [-0.3, -0.25) is 0 Å². The number of halogens is 1. The zero-order valence-electron chi connectivity index (χ0n) is 8.36. The molecule has 0 saturated heterocycles. The first kappa shape index (κ1) is 12.6. The van der Waals surface area contributed by atoms with Crippen molar-refractivity contribution >= 4 is 16.0 Å². The van der Waals surface area contributed by atoms with Crippen LogP contribution in [0.15, 0.2) is 23.1 Å². The molecule has 5 nitrogen and oxygen atoms in total. The Labute approximate surface area is 92.0 Å². The van der Waals surface area contributed by atoms with Crippen LogP contribution >= 0.6 is 0 Å². The van der Waals surface area contributed by atoms with Gasteiger partial charge in [-0.15, -0.1) is 0 Å². The molecule has 1 N–H and O–H groups in total. The van der Waals surface area contributed by atoms with Crippen LogP contribution in [0.5, 0.6) is 0 Å². The van der Waals surface area contributed by atoms with E-state index in [2.05, 4.69) is 0 Å². The minimum absolute atomic E-state index is 0.157. The van der Waals surface area contributed by atoms with Crippen molar-refractivity contribution in [3.63, 3.8) is 0 Å². The molecule has 1 rings (SSSR count). The summed E-state index contributed by atoms with van der Waals surface area (Å²) in [6.45, 7) is 0.593. The summed E-state index contributed by atoms with van der Waals surface area (Å²) in [7, 11) is -3.94. The Hall–Kier alpha value is -1.47. The van der Waals surface area contributed by atoms with Crippen molar-refractivity contribution in [2.75, 3.05) is 6.54 Å². The van der Waals surface area contributed by atoms with Crippen molar-refractivity contribution in [3.05, 3.63) is 29.6 Å². The van der Waals surface area contributed by atoms with Gasteiger partial charge in [-0.2, -0.15) is 0 Å². The van der Waals surface area contributed by atoms with Gasteiger partial charge in [0.2, 0.25) is 10.0 Å². The van der Waals surface area contributed by atoms with E-state index in [-0.39, 0.29) is 10.5 Å². The molecule has 0 aliphatic rings. The van der Waals surface area contributed by atoms with E-state index in [0.717, 1.165) is 18.2 Å². The molecule has 0 amide bonds. The lowest BCUT2D eigenvalue weighted by Gasteiger charge is -2.09. The first-order valence-corrected chi connectivity index (χ1v) is 5.77. The fourth-order valence-corrected chi connectivity index (χ4v) is 2.34. The molecule has 0 aromatic heterocycles. The third kappa shape index (κ3) is 3.01. The van der Waals surface area contributed by atoms with Crippen LogP contribution < -0.4 is 9.83 Å². The number of benzene rings is 1. The van der Waals surface area contributed by atoms with E-state index in [1.165, 1.54) is 6.92 Å². The summed E-state index contributed by atoms with van der Waals surface area (Å²) >= 11 is 0. The standard InChI is InChI=1S/C9H10FNO4S/c1-6-4-7(10)2-3-8(6)16(14,15)11-5-9(12)13/h2-4,11H,5H2,1H3,(H,12,13)/p-1. The fourth-order valence-electron chi connectivity index (χ4n) is 1.15. The molecule has 0 bridgehead atoms. The van der Waals surface area contributed by atoms with Crippen LogP contribution in [0, 0.1) is 12.7 Å². The first-order valence-electron chi connectivity index (χ1n) is 4.28. The van der Waals surface area contributed by atoms with Crippen LogP contribution in [0.1, 0.15) is 5.56 Å². The van der Waals surface area contributed by atoms with Crippen molar-refractivity contribution in [3.8, 4) is 0 Å². The molecule has 7 heteroatoms. The smallest absolute Gasteiger partial charge is 0.241 e. The molecule has 0 radical (unpaired) electrons. The minimum atomic E-state index is -3.94. The molecule has 0 spiro atoms. The van der Waals surface area contributed by atoms with E-state index in [4.69, 9.17) is 0 Å². The summed E-state index contributed by atoms with van der Waals surface area (Å²) < 4.78 is 37.6. The highest BCUT2D eigenvalue weighted by molar-refractivity contribution is 7.89. The summed E-state index contributed by atoms with van der Waals surface area (Å²) in [6, 6.07) is 3.11. The van der Waals surface area contributed by atoms with Crippen molar-refractivity contribution < 1.29 is 22.7 Å². The first-order chi connectivity index (χ1) is 7.33. The maximum atomic E-state index is 12.7. The van der Waals surface area contributed by atoms with Crippen molar-refractivity contribution in [2.45, 2.75) is 11.8 Å². The van der Waals surface area contributed by atoms with E-state index in [1.54, 1.807) is 0 Å². The lowest BCUT2D eigenvalue weighted by Crippen LogP contribution is -2.37. The van der Waals surface area contributed by atoms with E-state index in [1.807, 2.05) is 4.72 Å². The van der Waals surface area contributed by atoms with Crippen LogP contribution in [0.4, 0.5) is 4.39 Å². The van der Waals surface area contributed by atoms with Crippen LogP contribution in [-0.4, -0.2) is 20.9 Å². The average Bonchev–Trinajstić information content (AvgIpc) is 2.14. The molecule has 0 fully saturated rings. The highest BCUT2D eigenvalue weighted by Crippen LogP contribution is 2.15. The zero-order chi connectivity index (χ0) is 12.3. The lowest BCUT2D eigenvalue weighted by atomic mass is 10.2. The van der Waals surface area contributed by atoms with E-state index in [0.29, 0.717) is 0 Å². The predicted molar refractivity (Wildman–Crippen MR) is 51.3 cm³/mol. The Morgan fingerprint density at radius 2 is 2.12 bits per heavy atom. The van der Waals surface area contributed by atoms with Gasteiger partial charge in [-0.05, 0) is 30.7 Å². The van der Waals surface area contributed by atoms with Crippen molar-refractivity contribution in [2.24, 2.45) is 0 Å². The Bertz CT molecular complexity index is 512. The van der Waals surface area contributed by atoms with E-state index in [9.17, 15) is 22.7 Å². The molecule has 0 aliphatic carbocycles. The second-order valence-electron chi connectivity index (χ2n) is 3.11. The lowest BCUT2D eigenvalue weighted by molar-refractivity contribution is -0.303. The number of carboxylic acid groups (broad SMARTS) is 1. The summed E-state index contributed by atoms with van der Waals surface area (Å²) in [5.74, 6) is -2.10. The number of sulfonamides is 1. The summed E-state index contributed by atoms with van der Waals surface area (Å²) in [5.41, 5.74) is 0.200. The fraction of sp³-hybridized carbons (Fsp3) is 0.222. The maximum absolute atomic E-state index is 12.7.